The third-order valence-corrected chi connectivity index (χ3v) is 2.75. The topological polar surface area (TPSA) is 21.6 Å². The quantitative estimate of drug-likeness (QED) is 0.747. The first-order valence-corrected chi connectivity index (χ1v) is 6.29. The van der Waals surface area contributed by atoms with E-state index in [1.165, 1.54) is 12.1 Å². The Morgan fingerprint density at radius 1 is 1.21 bits per heavy atom. The van der Waals surface area contributed by atoms with Gasteiger partial charge in [-0.05, 0) is 55.0 Å². The molecule has 2 nitrogen and oxygen atoms in total. The molecule has 2 rings (SSSR count). The lowest BCUT2D eigenvalue weighted by atomic mass is 10.2. The molecule has 0 aliphatic heterocycles. The van der Waals surface area contributed by atoms with E-state index in [0.29, 0.717) is 12.3 Å². The van der Waals surface area contributed by atoms with Gasteiger partial charge in [0.1, 0.15) is 11.6 Å². The van der Waals surface area contributed by atoms with Crippen LogP contribution in [0.3, 0.4) is 0 Å². The molecule has 0 aliphatic carbocycles. The highest BCUT2D eigenvalue weighted by atomic mass is 35.5. The van der Waals surface area contributed by atoms with Crippen molar-refractivity contribution in [3.63, 3.8) is 0 Å². The first kappa shape index (κ1) is 13.6. The van der Waals surface area contributed by atoms with Crippen LogP contribution in [0.4, 0.5) is 10.1 Å². The van der Waals surface area contributed by atoms with Gasteiger partial charge in [0.15, 0.2) is 0 Å². The molecule has 19 heavy (non-hydrogen) atoms. The molecule has 0 bridgehead atoms. The summed E-state index contributed by atoms with van der Waals surface area (Å²) in [4.78, 5) is 4.24. The van der Waals surface area contributed by atoms with Crippen LogP contribution in [0.15, 0.2) is 47.5 Å². The summed E-state index contributed by atoms with van der Waals surface area (Å²) >= 11 is 5.69. The lowest BCUT2D eigenvalue weighted by Crippen LogP contribution is -1.91. The molecule has 0 radical (unpaired) electrons. The minimum absolute atomic E-state index is 0.0707. The number of nitrogens with zero attached hydrogens (tertiary/aromatic N) is 1. The Bertz CT molecular complexity index is 581. The molecule has 0 atom stereocenters. The van der Waals surface area contributed by atoms with E-state index in [1.807, 2.05) is 31.2 Å². The fourth-order valence-corrected chi connectivity index (χ4v) is 1.71. The Kier molecular flexibility index (Phi) is 4.53. The van der Waals surface area contributed by atoms with Crippen LogP contribution >= 0.6 is 11.6 Å². The predicted molar refractivity (Wildman–Crippen MR) is 76.3 cm³/mol. The number of hydrogen-bond acceptors (Lipinski definition) is 2. The average molecular weight is 278 g/mol. The highest BCUT2D eigenvalue weighted by Crippen LogP contribution is 2.21. The molecule has 0 spiro atoms. The summed E-state index contributed by atoms with van der Waals surface area (Å²) in [5.41, 5.74) is 1.55. The normalized spacial score (nSPS) is 10.9. The molecule has 0 aliphatic rings. The van der Waals surface area contributed by atoms with E-state index in [-0.39, 0.29) is 5.02 Å². The van der Waals surface area contributed by atoms with E-state index in [9.17, 15) is 4.39 Å². The molecule has 0 amide bonds. The fraction of sp³-hybridized carbons (Fsp3) is 0.133. The molecular formula is C15H13ClFNO. The SMILES string of the molecule is CCOc1ccc(C=Nc2ccc(F)c(Cl)c2)cc1. The lowest BCUT2D eigenvalue weighted by Gasteiger charge is -2.02. The standard InChI is InChI=1S/C15H13ClFNO/c1-2-19-13-6-3-11(4-7-13)10-18-12-5-8-15(17)14(16)9-12/h3-10H,2H2,1H3. The molecule has 0 fully saturated rings. The van der Waals surface area contributed by atoms with Gasteiger partial charge >= 0.3 is 0 Å². The third-order valence-electron chi connectivity index (χ3n) is 2.46. The van der Waals surface area contributed by atoms with Gasteiger partial charge in [0.05, 0.1) is 17.3 Å². The van der Waals surface area contributed by atoms with E-state index >= 15 is 0 Å². The molecule has 0 N–H and O–H groups in total. The maximum Gasteiger partial charge on any atom is 0.141 e. The van der Waals surface area contributed by atoms with Crippen molar-refractivity contribution in [2.24, 2.45) is 4.99 Å². The van der Waals surface area contributed by atoms with E-state index in [0.717, 1.165) is 11.3 Å². The number of rotatable bonds is 4. The second kappa shape index (κ2) is 6.34. The van der Waals surface area contributed by atoms with Crippen LogP contribution in [0.5, 0.6) is 5.75 Å². The van der Waals surface area contributed by atoms with Gasteiger partial charge in [-0.1, -0.05) is 11.6 Å². The first-order chi connectivity index (χ1) is 9.19. The van der Waals surface area contributed by atoms with Crippen LogP contribution in [0.25, 0.3) is 0 Å². The van der Waals surface area contributed by atoms with Crippen LogP contribution in [0, 0.1) is 5.82 Å². The minimum atomic E-state index is -0.443. The van der Waals surface area contributed by atoms with Crippen molar-refractivity contribution < 1.29 is 9.13 Å². The highest BCUT2D eigenvalue weighted by molar-refractivity contribution is 6.31. The highest BCUT2D eigenvalue weighted by Gasteiger charge is 1.99. The molecule has 0 heterocycles. The Hall–Kier alpha value is -1.87. The van der Waals surface area contributed by atoms with Gasteiger partial charge in [-0.25, -0.2) is 4.39 Å². The summed E-state index contributed by atoms with van der Waals surface area (Å²) < 4.78 is 18.3. The van der Waals surface area contributed by atoms with Gasteiger partial charge < -0.3 is 4.74 Å². The number of benzene rings is 2. The van der Waals surface area contributed by atoms with Gasteiger partial charge in [0.25, 0.3) is 0 Å². The van der Waals surface area contributed by atoms with Crippen LogP contribution in [0.2, 0.25) is 5.02 Å². The Balaban J connectivity index is 2.11. The molecule has 2 aromatic rings. The predicted octanol–water partition coefficient (Wildman–Crippen LogP) is 4.63. The summed E-state index contributed by atoms with van der Waals surface area (Å²) in [6.07, 6.45) is 1.69. The van der Waals surface area contributed by atoms with Crippen molar-refractivity contribution in [1.29, 1.82) is 0 Å². The van der Waals surface area contributed by atoms with E-state index in [4.69, 9.17) is 16.3 Å². The fourth-order valence-electron chi connectivity index (χ4n) is 1.53. The smallest absolute Gasteiger partial charge is 0.141 e. The van der Waals surface area contributed by atoms with Gasteiger partial charge in [0.2, 0.25) is 0 Å². The molecule has 4 heteroatoms. The van der Waals surface area contributed by atoms with E-state index in [1.54, 1.807) is 12.3 Å². The number of halogens is 2. The van der Waals surface area contributed by atoms with Crippen molar-refractivity contribution in [3.8, 4) is 5.75 Å². The maximum atomic E-state index is 13.0. The number of aliphatic imine (C=N–C) groups is 1. The zero-order chi connectivity index (χ0) is 13.7. The van der Waals surface area contributed by atoms with E-state index in [2.05, 4.69) is 4.99 Å². The van der Waals surface area contributed by atoms with Crippen LogP contribution in [0.1, 0.15) is 12.5 Å². The molecule has 0 unspecified atom stereocenters. The van der Waals surface area contributed by atoms with Gasteiger partial charge in [-0.15, -0.1) is 0 Å². The van der Waals surface area contributed by atoms with Crippen molar-refractivity contribution in [3.05, 3.63) is 58.9 Å². The summed E-state index contributed by atoms with van der Waals surface area (Å²) in [6, 6.07) is 11.9. The third kappa shape index (κ3) is 3.80. The molecule has 2 aromatic carbocycles. The van der Waals surface area contributed by atoms with Crippen molar-refractivity contribution in [2.45, 2.75) is 6.92 Å². The number of hydrogen-bond donors (Lipinski definition) is 0. The zero-order valence-electron chi connectivity index (χ0n) is 10.4. The summed E-state index contributed by atoms with van der Waals surface area (Å²) in [5, 5.41) is 0.0707. The molecular weight excluding hydrogens is 265 g/mol. The number of ether oxygens (including phenoxy) is 1. The minimum Gasteiger partial charge on any atom is -0.494 e. The van der Waals surface area contributed by atoms with Crippen molar-refractivity contribution in [1.82, 2.24) is 0 Å². The van der Waals surface area contributed by atoms with Crippen LogP contribution in [-0.2, 0) is 0 Å². The monoisotopic (exact) mass is 277 g/mol. The largest absolute Gasteiger partial charge is 0.494 e. The maximum absolute atomic E-state index is 13.0. The van der Waals surface area contributed by atoms with Gasteiger partial charge in [-0.2, -0.15) is 0 Å². The second-order valence-electron chi connectivity index (χ2n) is 3.86. The first-order valence-electron chi connectivity index (χ1n) is 5.91. The Labute approximate surface area is 116 Å². The van der Waals surface area contributed by atoms with Crippen LogP contribution in [-0.4, -0.2) is 12.8 Å². The Morgan fingerprint density at radius 3 is 2.58 bits per heavy atom. The Morgan fingerprint density at radius 2 is 1.95 bits per heavy atom. The van der Waals surface area contributed by atoms with E-state index < -0.39 is 5.82 Å². The zero-order valence-corrected chi connectivity index (χ0v) is 11.2. The van der Waals surface area contributed by atoms with Crippen molar-refractivity contribution >= 4 is 23.5 Å². The second-order valence-corrected chi connectivity index (χ2v) is 4.27. The summed E-state index contributed by atoms with van der Waals surface area (Å²) in [6.45, 7) is 2.58. The van der Waals surface area contributed by atoms with Crippen LogP contribution < -0.4 is 4.74 Å². The van der Waals surface area contributed by atoms with Gasteiger partial charge in [-0.3, -0.25) is 4.99 Å². The molecule has 0 saturated carbocycles. The molecule has 0 aromatic heterocycles. The molecule has 0 saturated heterocycles. The molecule has 98 valence electrons. The van der Waals surface area contributed by atoms with Gasteiger partial charge in [0, 0.05) is 6.21 Å². The average Bonchev–Trinajstić information content (AvgIpc) is 2.42. The summed E-state index contributed by atoms with van der Waals surface area (Å²) in [5.74, 6) is 0.381. The van der Waals surface area contributed by atoms with Crippen molar-refractivity contribution in [2.75, 3.05) is 6.61 Å². The summed E-state index contributed by atoms with van der Waals surface area (Å²) in [7, 11) is 0. The lowest BCUT2D eigenvalue weighted by molar-refractivity contribution is 0.340.